The van der Waals surface area contributed by atoms with Gasteiger partial charge in [0.05, 0.1) is 52.4 Å². The van der Waals surface area contributed by atoms with Crippen LogP contribution in [0.4, 0.5) is 24.8 Å². The van der Waals surface area contributed by atoms with Crippen LogP contribution in [-0.4, -0.2) is 58.3 Å². The van der Waals surface area contributed by atoms with E-state index in [1.54, 1.807) is 25.1 Å². The second-order valence-corrected chi connectivity index (χ2v) is 11.9. The lowest BCUT2D eigenvalue weighted by atomic mass is 9.89. The molecule has 17 heteroatoms. The number of aliphatic hydroxyl groups excluding tert-OH is 1. The van der Waals surface area contributed by atoms with Crippen LogP contribution in [0.3, 0.4) is 0 Å². The van der Waals surface area contributed by atoms with Gasteiger partial charge >= 0.3 is 17.8 Å². The van der Waals surface area contributed by atoms with E-state index in [0.29, 0.717) is 29.7 Å². The Balaban J connectivity index is 0.000000671. The Morgan fingerprint density at radius 2 is 1.88 bits per heavy atom. The topological polar surface area (TPSA) is 185 Å². The number of H-pyrrole nitrogens is 1. The van der Waals surface area contributed by atoms with Gasteiger partial charge in [-0.15, -0.1) is 5.10 Å². The zero-order chi connectivity index (χ0) is 35.2. The van der Waals surface area contributed by atoms with Crippen LogP contribution in [0.5, 0.6) is 0 Å². The van der Waals surface area contributed by atoms with Crippen molar-refractivity contribution in [1.29, 1.82) is 5.26 Å². The number of methoxy groups -OCH3 is 1. The minimum atomic E-state index is -4.61. The second kappa shape index (κ2) is 14.6. The third-order valence-electron chi connectivity index (χ3n) is 7.30. The van der Waals surface area contributed by atoms with Crippen LogP contribution in [0.2, 0.25) is 0 Å². The van der Waals surface area contributed by atoms with Crippen molar-refractivity contribution >= 4 is 27.7 Å². The summed E-state index contributed by atoms with van der Waals surface area (Å²) < 4.78 is 77.5. The molecule has 0 radical (unpaired) electrons. The monoisotopic (exact) mass is 686 g/mol. The fourth-order valence-electron chi connectivity index (χ4n) is 5.18. The molecule has 1 atom stereocenters. The van der Waals surface area contributed by atoms with E-state index in [4.69, 9.17) is 9.84 Å². The third kappa shape index (κ3) is 7.97. The number of esters is 1. The number of aromatic amines is 1. The van der Waals surface area contributed by atoms with E-state index < -0.39 is 51.9 Å². The summed E-state index contributed by atoms with van der Waals surface area (Å²) in [6, 6.07) is 16.2. The summed E-state index contributed by atoms with van der Waals surface area (Å²) in [5, 5.41) is 23.9. The van der Waals surface area contributed by atoms with Gasteiger partial charge in [0.2, 0.25) is 5.95 Å². The van der Waals surface area contributed by atoms with Crippen molar-refractivity contribution in [3.05, 3.63) is 117 Å². The first kappa shape index (κ1) is 35.5. The average Bonchev–Trinajstić information content (AvgIpc) is 3.43. The highest BCUT2D eigenvalue weighted by atomic mass is 32.2. The number of hydrogen-bond acceptors (Lipinski definition) is 10. The van der Waals surface area contributed by atoms with Crippen molar-refractivity contribution in [2.24, 2.45) is 0 Å². The largest absolute Gasteiger partial charge is 0.748 e. The smallest absolute Gasteiger partial charge is 0.416 e. The molecule has 1 aliphatic rings. The van der Waals surface area contributed by atoms with E-state index in [2.05, 4.69) is 16.3 Å². The summed E-state index contributed by atoms with van der Waals surface area (Å²) in [6.45, 7) is 1.51. The number of alkyl halides is 3. The number of halogens is 3. The number of allylic oxidation sites excluding steroid dienone is 1. The predicted molar refractivity (Wildman–Crippen MR) is 162 cm³/mol. The zero-order valence-corrected chi connectivity index (χ0v) is 26.3. The van der Waals surface area contributed by atoms with Gasteiger partial charge in [0, 0.05) is 29.9 Å². The molecule has 0 spiro atoms. The van der Waals surface area contributed by atoms with Gasteiger partial charge < -0.3 is 14.4 Å². The first-order valence-corrected chi connectivity index (χ1v) is 15.7. The number of ether oxygens (including phenoxy) is 1. The van der Waals surface area contributed by atoms with Gasteiger partial charge in [0.1, 0.15) is 6.04 Å². The van der Waals surface area contributed by atoms with Crippen molar-refractivity contribution in [2.45, 2.75) is 32.1 Å². The summed E-state index contributed by atoms with van der Waals surface area (Å²) in [7, 11) is -2.99. The summed E-state index contributed by atoms with van der Waals surface area (Å²) in [4.78, 5) is 27.9. The lowest BCUT2D eigenvalue weighted by molar-refractivity contribution is -0.696. The van der Waals surface area contributed by atoms with Crippen LogP contribution in [-0.2, 0) is 38.8 Å². The van der Waals surface area contributed by atoms with Crippen molar-refractivity contribution in [3.8, 4) is 6.07 Å². The molecule has 0 aliphatic carbocycles. The number of nitrogens with one attached hydrogen (secondary N) is 1. The molecule has 2 aromatic heterocycles. The van der Waals surface area contributed by atoms with Gasteiger partial charge in [-0.25, -0.2) is 32.2 Å². The maximum atomic E-state index is 13.6. The van der Waals surface area contributed by atoms with Crippen molar-refractivity contribution in [3.63, 3.8) is 0 Å². The van der Waals surface area contributed by atoms with Crippen LogP contribution >= 0.6 is 0 Å². The number of nitrogens with zero attached hydrogens (tertiary/aromatic N) is 5. The molecular weight excluding hydrogens is 657 g/mol. The molecule has 5 rings (SSSR count). The minimum Gasteiger partial charge on any atom is -0.748 e. The molecule has 0 unspecified atom stereocenters. The molecular formula is C31H29F3N6O7S. The number of benzene rings is 2. The van der Waals surface area contributed by atoms with Crippen LogP contribution in [0.25, 0.3) is 0 Å². The van der Waals surface area contributed by atoms with Crippen molar-refractivity contribution < 1.29 is 45.3 Å². The van der Waals surface area contributed by atoms with E-state index >= 15 is 0 Å². The summed E-state index contributed by atoms with van der Waals surface area (Å²) in [5.41, 5.74) is 0.395. The molecule has 0 amide bonds. The number of pyridine rings is 1. The number of aliphatic hydroxyl groups is 1. The SMILES string of the molecule is COC(=O)C1=C(C)N(c2cccc(C(F)(F)F)c2)c2n[nH]c(=O)n2[C@@H]1c1ccc(C#N)cc1CC[n+]1ccccc1.O=S(=O)([O-])CCO. The molecule has 0 fully saturated rings. The van der Waals surface area contributed by atoms with E-state index in [9.17, 15) is 41.0 Å². The molecule has 0 saturated heterocycles. The number of anilines is 2. The fraction of sp³-hybridized carbons (Fsp3) is 0.258. The Morgan fingerprint density at radius 1 is 1.17 bits per heavy atom. The van der Waals surface area contributed by atoms with Crippen LogP contribution in [0, 0.1) is 11.3 Å². The molecule has 2 aromatic carbocycles. The van der Waals surface area contributed by atoms with E-state index in [0.717, 1.165) is 12.1 Å². The molecule has 13 nitrogen and oxygen atoms in total. The Morgan fingerprint density at radius 3 is 2.46 bits per heavy atom. The number of carbonyl (C=O) groups excluding carboxylic acids is 1. The van der Waals surface area contributed by atoms with Gasteiger partial charge in [-0.2, -0.15) is 18.4 Å². The van der Waals surface area contributed by atoms with Gasteiger partial charge in [-0.1, -0.05) is 18.2 Å². The maximum Gasteiger partial charge on any atom is 0.416 e. The highest BCUT2D eigenvalue weighted by Crippen LogP contribution is 2.43. The third-order valence-corrected chi connectivity index (χ3v) is 7.99. The fourth-order valence-corrected chi connectivity index (χ4v) is 5.41. The number of carbonyl (C=O) groups is 1. The van der Waals surface area contributed by atoms with Gasteiger partial charge in [0.25, 0.3) is 0 Å². The number of aromatic nitrogens is 4. The molecule has 0 bridgehead atoms. The van der Waals surface area contributed by atoms with Crippen LogP contribution < -0.4 is 15.2 Å². The van der Waals surface area contributed by atoms with Gasteiger partial charge in [-0.05, 0) is 48.4 Å². The summed E-state index contributed by atoms with van der Waals surface area (Å²) in [5.74, 6) is -1.46. The Labute approximate surface area is 272 Å². The number of fused-ring (bicyclic) bond motifs is 1. The number of hydrogen-bond donors (Lipinski definition) is 2. The summed E-state index contributed by atoms with van der Waals surface area (Å²) >= 11 is 0. The molecule has 0 saturated carbocycles. The lowest BCUT2D eigenvalue weighted by Crippen LogP contribution is -2.38. The van der Waals surface area contributed by atoms with Crippen molar-refractivity contribution in [2.75, 3.05) is 24.4 Å². The first-order valence-electron chi connectivity index (χ1n) is 14.1. The predicted octanol–water partition coefficient (Wildman–Crippen LogP) is 2.70. The quantitative estimate of drug-likeness (QED) is 0.159. The second-order valence-electron chi connectivity index (χ2n) is 10.3. The van der Waals surface area contributed by atoms with Gasteiger partial charge in [0.15, 0.2) is 18.9 Å². The Bertz CT molecular complexity index is 2040. The van der Waals surface area contributed by atoms with Crippen molar-refractivity contribution in [1.82, 2.24) is 14.8 Å². The highest BCUT2D eigenvalue weighted by molar-refractivity contribution is 7.85. The number of nitriles is 1. The van der Waals surface area contributed by atoms with Crippen LogP contribution in [0.1, 0.15) is 35.2 Å². The highest BCUT2D eigenvalue weighted by Gasteiger charge is 2.41. The first-order chi connectivity index (χ1) is 22.7. The van der Waals surface area contributed by atoms with E-state index in [1.165, 1.54) is 28.7 Å². The Kier molecular flexibility index (Phi) is 10.8. The molecule has 4 aromatic rings. The lowest BCUT2D eigenvalue weighted by Gasteiger charge is -2.36. The summed E-state index contributed by atoms with van der Waals surface area (Å²) in [6.07, 6.45) is -0.382. The van der Waals surface area contributed by atoms with Gasteiger partial charge in [-0.3, -0.25) is 4.90 Å². The average molecular weight is 687 g/mol. The van der Waals surface area contributed by atoms with E-state index in [1.807, 2.05) is 35.2 Å². The molecule has 252 valence electrons. The normalized spacial score (nSPS) is 14.5. The molecule has 48 heavy (non-hydrogen) atoms. The molecule has 2 N–H and O–H groups in total. The number of aryl methyl sites for hydroxylation is 2. The molecule has 1 aliphatic heterocycles. The zero-order valence-electron chi connectivity index (χ0n) is 25.5. The van der Waals surface area contributed by atoms with Crippen LogP contribution in [0.15, 0.2) is 89.1 Å². The Hall–Kier alpha value is -5.31. The van der Waals surface area contributed by atoms with E-state index in [-0.39, 0.29) is 22.9 Å². The minimum absolute atomic E-state index is 0.00257. The maximum absolute atomic E-state index is 13.6. The molecule has 3 heterocycles. The number of rotatable bonds is 8. The standard InChI is InChI=1S/C29H23F3N6O3.C2H6O4S/c1-18-24(26(39)41-2)25(23-10-9-19(17-33)15-20(23)11-14-36-12-4-3-5-13-36)38-27(34-35-28(38)40)37(18)22-8-6-7-21(16-22)29(30,31)32;3-1-2-7(4,5)6/h3-10,12-13,15-16,25H,11,14H2,1-2H3;3H,1-2H2,(H,4,5,6)/t25-;/m1./s1.